The Morgan fingerprint density at radius 1 is 0.895 bits per heavy atom. The van der Waals surface area contributed by atoms with Crippen molar-refractivity contribution in [1.29, 1.82) is 0 Å². The first-order chi connectivity index (χ1) is 18.0. The zero-order valence-electron chi connectivity index (χ0n) is 23.3. The van der Waals surface area contributed by atoms with Crippen LogP contribution in [0, 0.1) is 11.8 Å². The molecule has 2 aromatic rings. The van der Waals surface area contributed by atoms with Crippen LogP contribution >= 0.6 is 0 Å². The van der Waals surface area contributed by atoms with Crippen molar-refractivity contribution in [2.24, 2.45) is 11.8 Å². The summed E-state index contributed by atoms with van der Waals surface area (Å²) in [4.78, 5) is 41.8. The summed E-state index contributed by atoms with van der Waals surface area (Å²) in [6.45, 7) is 13.4. The zero-order valence-corrected chi connectivity index (χ0v) is 23.3. The minimum Gasteiger partial charge on any atom is -0.493 e. The minimum absolute atomic E-state index is 0.0817. The summed E-state index contributed by atoms with van der Waals surface area (Å²) in [6.07, 6.45) is 0.765. The van der Waals surface area contributed by atoms with E-state index < -0.39 is 11.9 Å². The molecule has 1 heterocycles. The quantitative estimate of drug-likeness (QED) is 0.560. The number of carboxylic acids is 1. The zero-order chi connectivity index (χ0) is 27.8. The fourth-order valence-electron chi connectivity index (χ4n) is 4.66. The van der Waals surface area contributed by atoms with Gasteiger partial charge in [0.25, 0.3) is 0 Å². The number of ether oxygens (including phenoxy) is 1. The van der Waals surface area contributed by atoms with E-state index in [-0.39, 0.29) is 19.0 Å². The fourth-order valence-corrected chi connectivity index (χ4v) is 4.66. The molecule has 2 amide bonds. The fraction of sp³-hybridized carbons (Fsp3) is 0.500. The molecule has 1 N–H and O–H groups in total. The number of carboxylic acid groups (broad SMARTS) is 1. The first-order valence-corrected chi connectivity index (χ1v) is 13.4. The monoisotopic (exact) mass is 523 g/mol. The van der Waals surface area contributed by atoms with Crippen LogP contribution in [0.25, 0.3) is 11.1 Å². The minimum atomic E-state index is -1.50. The lowest BCUT2D eigenvalue weighted by atomic mass is 10.00. The molecule has 0 bridgehead atoms. The highest BCUT2D eigenvalue weighted by molar-refractivity contribution is 6.31. The lowest BCUT2D eigenvalue weighted by molar-refractivity contribution is -0.156. The molecule has 0 spiro atoms. The van der Waals surface area contributed by atoms with Gasteiger partial charge in [0.15, 0.2) is 0 Å². The van der Waals surface area contributed by atoms with Gasteiger partial charge < -0.3 is 24.5 Å². The predicted octanol–water partition coefficient (Wildman–Crippen LogP) is 4.52. The van der Waals surface area contributed by atoms with Crippen molar-refractivity contribution in [3.8, 4) is 16.9 Å². The highest BCUT2D eigenvalue weighted by atomic mass is 16.5. The summed E-state index contributed by atoms with van der Waals surface area (Å²) in [6, 6.07) is 14.2. The number of hydrogen-bond acceptors (Lipinski definition) is 5. The lowest BCUT2D eigenvalue weighted by Gasteiger charge is -2.30. The normalized spacial score (nSPS) is 14.8. The summed E-state index contributed by atoms with van der Waals surface area (Å²) >= 11 is 0. The molecular formula is C30H41N3O5. The Kier molecular flexibility index (Phi) is 10.2. The smallest absolute Gasteiger partial charge is 0.394 e. The SMILES string of the molecule is CC(=O)N1CCCN(CC(C)C)c2cc(-c3cccc(OCC(C)C)c3)ccc2CN(C(=O)C(=O)O)CC1. The van der Waals surface area contributed by atoms with Crippen molar-refractivity contribution in [2.75, 3.05) is 44.2 Å². The molecule has 0 saturated heterocycles. The van der Waals surface area contributed by atoms with Gasteiger partial charge in [0.2, 0.25) is 5.91 Å². The molecule has 0 aliphatic carbocycles. The third-order valence-corrected chi connectivity index (χ3v) is 6.53. The average molecular weight is 524 g/mol. The maximum absolute atomic E-state index is 12.6. The Morgan fingerprint density at radius 3 is 2.26 bits per heavy atom. The van der Waals surface area contributed by atoms with E-state index in [2.05, 4.69) is 38.7 Å². The number of amides is 2. The van der Waals surface area contributed by atoms with Gasteiger partial charge in [0.05, 0.1) is 6.61 Å². The molecule has 1 aliphatic heterocycles. The van der Waals surface area contributed by atoms with E-state index in [4.69, 9.17) is 4.74 Å². The van der Waals surface area contributed by atoms with Crippen molar-refractivity contribution >= 4 is 23.5 Å². The Bertz CT molecular complexity index is 1130. The second-order valence-corrected chi connectivity index (χ2v) is 10.8. The lowest BCUT2D eigenvalue weighted by Crippen LogP contribution is -2.42. The van der Waals surface area contributed by atoms with E-state index in [1.807, 2.05) is 36.4 Å². The van der Waals surface area contributed by atoms with E-state index in [1.165, 1.54) is 11.8 Å². The number of carbonyl (C=O) groups is 3. The molecule has 2 aromatic carbocycles. The molecule has 1 aliphatic rings. The van der Waals surface area contributed by atoms with Crippen LogP contribution in [0.4, 0.5) is 5.69 Å². The van der Waals surface area contributed by atoms with Gasteiger partial charge in [-0.15, -0.1) is 0 Å². The predicted molar refractivity (Wildman–Crippen MR) is 149 cm³/mol. The van der Waals surface area contributed by atoms with Crippen LogP contribution < -0.4 is 9.64 Å². The number of rotatable bonds is 6. The number of carbonyl (C=O) groups excluding carboxylic acids is 2. The van der Waals surface area contributed by atoms with Crippen LogP contribution in [0.15, 0.2) is 42.5 Å². The summed E-state index contributed by atoms with van der Waals surface area (Å²) in [5, 5.41) is 9.47. The van der Waals surface area contributed by atoms with Gasteiger partial charge in [-0.25, -0.2) is 4.79 Å². The number of aliphatic carboxylic acids is 1. The molecule has 0 fully saturated rings. The molecule has 0 radical (unpaired) electrons. The Balaban J connectivity index is 2.05. The third-order valence-electron chi connectivity index (χ3n) is 6.53. The van der Waals surface area contributed by atoms with Gasteiger partial charge in [-0.1, -0.05) is 52.0 Å². The molecular weight excluding hydrogens is 482 g/mol. The van der Waals surface area contributed by atoms with Crippen molar-refractivity contribution in [2.45, 2.75) is 47.6 Å². The second kappa shape index (κ2) is 13.3. The van der Waals surface area contributed by atoms with Crippen LogP contribution in [0.3, 0.4) is 0 Å². The van der Waals surface area contributed by atoms with Crippen LogP contribution in [0.5, 0.6) is 5.75 Å². The molecule has 0 saturated carbocycles. The number of benzene rings is 2. The van der Waals surface area contributed by atoms with Crippen LogP contribution in [-0.4, -0.2) is 72.0 Å². The Morgan fingerprint density at radius 2 is 1.61 bits per heavy atom. The van der Waals surface area contributed by atoms with Crippen molar-refractivity contribution in [1.82, 2.24) is 9.80 Å². The van der Waals surface area contributed by atoms with E-state index in [0.29, 0.717) is 31.5 Å². The van der Waals surface area contributed by atoms with E-state index in [0.717, 1.165) is 47.6 Å². The largest absolute Gasteiger partial charge is 0.493 e. The van der Waals surface area contributed by atoms with Gasteiger partial charge in [0.1, 0.15) is 5.75 Å². The topological polar surface area (TPSA) is 90.4 Å². The molecule has 3 rings (SSSR count). The molecule has 0 atom stereocenters. The van der Waals surface area contributed by atoms with Gasteiger partial charge in [-0.05, 0) is 53.1 Å². The molecule has 8 nitrogen and oxygen atoms in total. The van der Waals surface area contributed by atoms with Crippen molar-refractivity contribution < 1.29 is 24.2 Å². The highest BCUT2D eigenvalue weighted by Gasteiger charge is 2.25. The second-order valence-electron chi connectivity index (χ2n) is 10.8. The number of anilines is 1. The van der Waals surface area contributed by atoms with Gasteiger partial charge in [0, 0.05) is 51.9 Å². The average Bonchev–Trinajstić information content (AvgIpc) is 2.90. The van der Waals surface area contributed by atoms with Crippen molar-refractivity contribution in [3.05, 3.63) is 48.0 Å². The van der Waals surface area contributed by atoms with E-state index in [9.17, 15) is 19.5 Å². The number of fused-ring (bicyclic) bond motifs is 1. The molecule has 8 heteroatoms. The standard InChI is InChI=1S/C30H41N3O5/c1-21(2)18-32-13-7-12-31(23(5)34)14-15-33(29(35)30(36)37)19-26-11-10-25(17-28(26)32)24-8-6-9-27(16-24)38-20-22(3)4/h6,8-11,16-17,21-22H,7,12-15,18-20H2,1-5H3,(H,36,37). The van der Waals surface area contributed by atoms with Gasteiger partial charge in [-0.3, -0.25) is 9.59 Å². The summed E-state index contributed by atoms with van der Waals surface area (Å²) in [5.74, 6) is -0.925. The first kappa shape index (κ1) is 29.0. The van der Waals surface area contributed by atoms with Gasteiger partial charge >= 0.3 is 11.9 Å². The maximum Gasteiger partial charge on any atom is 0.394 e. The molecule has 38 heavy (non-hydrogen) atoms. The first-order valence-electron chi connectivity index (χ1n) is 13.4. The Labute approximate surface area is 226 Å². The molecule has 0 unspecified atom stereocenters. The number of nitrogens with zero attached hydrogens (tertiary/aromatic N) is 3. The summed E-state index contributed by atoms with van der Waals surface area (Å²) in [7, 11) is 0. The summed E-state index contributed by atoms with van der Waals surface area (Å²) < 4.78 is 5.95. The molecule has 0 aromatic heterocycles. The highest BCUT2D eigenvalue weighted by Crippen LogP contribution is 2.32. The Hall–Kier alpha value is -3.55. The summed E-state index contributed by atoms with van der Waals surface area (Å²) in [5.41, 5.74) is 3.90. The van der Waals surface area contributed by atoms with Gasteiger partial charge in [-0.2, -0.15) is 0 Å². The van der Waals surface area contributed by atoms with E-state index >= 15 is 0 Å². The van der Waals surface area contributed by atoms with Crippen LogP contribution in [0.1, 0.15) is 46.6 Å². The van der Waals surface area contributed by atoms with E-state index in [1.54, 1.807) is 4.90 Å². The van der Waals surface area contributed by atoms with Crippen LogP contribution in [0.2, 0.25) is 0 Å². The van der Waals surface area contributed by atoms with Crippen LogP contribution in [-0.2, 0) is 20.9 Å². The molecule has 206 valence electrons. The number of hydrogen-bond donors (Lipinski definition) is 1. The van der Waals surface area contributed by atoms with Crippen molar-refractivity contribution in [3.63, 3.8) is 0 Å². The maximum atomic E-state index is 12.6. The third kappa shape index (κ3) is 7.97.